The van der Waals surface area contributed by atoms with Gasteiger partial charge in [0, 0.05) is 16.9 Å². The number of rotatable bonds is 5. The summed E-state index contributed by atoms with van der Waals surface area (Å²) in [5, 5.41) is 0. The molecule has 110 valence electrons. The van der Waals surface area contributed by atoms with Crippen molar-refractivity contribution < 1.29 is 8.42 Å². The topological polar surface area (TPSA) is 72.2 Å². The van der Waals surface area contributed by atoms with Crippen LogP contribution in [-0.4, -0.2) is 30.5 Å². The molecule has 0 amide bonds. The largest absolute Gasteiger partial charge is 0.389 e. The number of thioether (sulfide) groups is 1. The molecule has 1 aromatic carbocycles. The van der Waals surface area contributed by atoms with E-state index in [1.807, 2.05) is 11.8 Å². The molecule has 4 nitrogen and oxygen atoms in total. The molecule has 0 radical (unpaired) electrons. The molecule has 7 heteroatoms. The van der Waals surface area contributed by atoms with E-state index in [-0.39, 0.29) is 14.6 Å². The van der Waals surface area contributed by atoms with Crippen molar-refractivity contribution in [1.29, 1.82) is 0 Å². The van der Waals surface area contributed by atoms with E-state index in [0.717, 1.165) is 18.6 Å². The second-order valence-electron chi connectivity index (χ2n) is 5.12. The Kier molecular flexibility index (Phi) is 4.73. The van der Waals surface area contributed by atoms with Gasteiger partial charge in [0.1, 0.15) is 4.99 Å². The highest BCUT2D eigenvalue weighted by Gasteiger charge is 2.31. The number of hydrogen-bond acceptors (Lipinski definition) is 4. The number of hydrogen-bond donors (Lipinski definition) is 2. The molecule has 1 atom stereocenters. The molecule has 0 saturated carbocycles. The van der Waals surface area contributed by atoms with Crippen LogP contribution in [0.2, 0.25) is 0 Å². The molecule has 1 unspecified atom stereocenters. The number of sulfonamides is 1. The Bertz CT molecular complexity index is 608. The maximum absolute atomic E-state index is 12.3. The maximum atomic E-state index is 12.3. The highest BCUT2D eigenvalue weighted by Crippen LogP contribution is 2.37. The molecule has 20 heavy (non-hydrogen) atoms. The van der Waals surface area contributed by atoms with Gasteiger partial charge in [-0.25, -0.2) is 13.1 Å². The standard InChI is InChI=1S/C13H18N2O2S3/c1-13(6-3-7-19-13)9-15-20(16,17)11-5-2-4-10(8-11)12(14)18/h2,4-5,8,15H,3,6-7,9H2,1H3,(H2,14,18). The van der Waals surface area contributed by atoms with Gasteiger partial charge in [0.15, 0.2) is 0 Å². The van der Waals surface area contributed by atoms with Gasteiger partial charge in [-0.1, -0.05) is 24.4 Å². The minimum absolute atomic E-state index is 0.00610. The first-order chi connectivity index (χ1) is 9.32. The molecular weight excluding hydrogens is 312 g/mol. The summed E-state index contributed by atoms with van der Waals surface area (Å²) < 4.78 is 27.3. The predicted molar refractivity (Wildman–Crippen MR) is 87.6 cm³/mol. The Hall–Kier alpha value is -0.630. The summed E-state index contributed by atoms with van der Waals surface area (Å²) in [6.07, 6.45) is 2.17. The first-order valence-corrected chi connectivity index (χ1v) is 9.24. The SMILES string of the molecule is CC1(CNS(=O)(=O)c2cccc(C(N)=S)c2)CCCS1. The molecule has 1 saturated heterocycles. The molecule has 1 aliphatic rings. The fourth-order valence-corrected chi connectivity index (χ4v) is 4.80. The van der Waals surface area contributed by atoms with E-state index < -0.39 is 10.0 Å². The van der Waals surface area contributed by atoms with Gasteiger partial charge < -0.3 is 5.73 Å². The van der Waals surface area contributed by atoms with E-state index in [2.05, 4.69) is 11.6 Å². The molecule has 3 N–H and O–H groups in total. The minimum atomic E-state index is -3.52. The highest BCUT2D eigenvalue weighted by atomic mass is 32.2. The van der Waals surface area contributed by atoms with Crippen molar-refractivity contribution in [2.45, 2.75) is 29.4 Å². The van der Waals surface area contributed by atoms with Gasteiger partial charge in [-0.3, -0.25) is 0 Å². The van der Waals surface area contributed by atoms with Crippen molar-refractivity contribution in [3.63, 3.8) is 0 Å². The Morgan fingerprint density at radius 3 is 2.90 bits per heavy atom. The summed E-state index contributed by atoms with van der Waals surface area (Å²) in [6.45, 7) is 2.54. The zero-order chi connectivity index (χ0) is 14.8. The van der Waals surface area contributed by atoms with Gasteiger partial charge >= 0.3 is 0 Å². The zero-order valence-corrected chi connectivity index (χ0v) is 13.7. The summed E-state index contributed by atoms with van der Waals surface area (Å²) in [4.78, 5) is 0.398. The lowest BCUT2D eigenvalue weighted by atomic mass is 10.1. The van der Waals surface area contributed by atoms with Crippen LogP contribution in [0.4, 0.5) is 0 Å². The summed E-state index contributed by atoms with van der Waals surface area (Å²) in [5.74, 6) is 1.09. The Labute approximate surface area is 129 Å². The quantitative estimate of drug-likeness (QED) is 0.807. The lowest BCUT2D eigenvalue weighted by Crippen LogP contribution is -2.36. The minimum Gasteiger partial charge on any atom is -0.389 e. The van der Waals surface area contributed by atoms with Gasteiger partial charge in [0.05, 0.1) is 4.90 Å². The maximum Gasteiger partial charge on any atom is 0.240 e. The van der Waals surface area contributed by atoms with Gasteiger partial charge in [-0.2, -0.15) is 11.8 Å². The molecule has 2 rings (SSSR count). The normalized spacial score (nSPS) is 22.9. The molecule has 0 aromatic heterocycles. The number of nitrogens with one attached hydrogen (secondary N) is 1. The van der Waals surface area contributed by atoms with Crippen LogP contribution in [0.1, 0.15) is 25.3 Å². The summed E-state index contributed by atoms with van der Waals surface area (Å²) in [5.41, 5.74) is 6.09. The average Bonchev–Trinajstić information content (AvgIpc) is 2.84. The number of benzene rings is 1. The van der Waals surface area contributed by atoms with E-state index in [1.54, 1.807) is 18.2 Å². The highest BCUT2D eigenvalue weighted by molar-refractivity contribution is 8.01. The first kappa shape index (κ1) is 15.8. The summed E-state index contributed by atoms with van der Waals surface area (Å²) in [6, 6.07) is 6.41. The monoisotopic (exact) mass is 330 g/mol. The van der Waals surface area contributed by atoms with Crippen LogP contribution in [0.5, 0.6) is 0 Å². The van der Waals surface area contributed by atoms with Crippen molar-refractivity contribution in [2.24, 2.45) is 5.73 Å². The van der Waals surface area contributed by atoms with Gasteiger partial charge in [-0.15, -0.1) is 0 Å². The van der Waals surface area contributed by atoms with Gasteiger partial charge in [0.2, 0.25) is 10.0 Å². The van der Waals surface area contributed by atoms with Crippen molar-refractivity contribution in [3.8, 4) is 0 Å². The molecule has 0 bridgehead atoms. The average molecular weight is 331 g/mol. The zero-order valence-electron chi connectivity index (χ0n) is 11.3. The van der Waals surface area contributed by atoms with Crippen LogP contribution in [0.25, 0.3) is 0 Å². The van der Waals surface area contributed by atoms with Crippen molar-refractivity contribution in [1.82, 2.24) is 4.72 Å². The molecule has 1 heterocycles. The lowest BCUT2D eigenvalue weighted by molar-refractivity contribution is 0.552. The van der Waals surface area contributed by atoms with E-state index in [4.69, 9.17) is 18.0 Å². The summed E-state index contributed by atoms with van der Waals surface area (Å²) >= 11 is 6.69. The lowest BCUT2D eigenvalue weighted by Gasteiger charge is -2.22. The second kappa shape index (κ2) is 6.01. The molecule has 0 aliphatic carbocycles. The van der Waals surface area contributed by atoms with Crippen LogP contribution in [-0.2, 0) is 10.0 Å². The summed E-state index contributed by atoms with van der Waals surface area (Å²) in [7, 11) is -3.52. The van der Waals surface area contributed by atoms with Gasteiger partial charge in [0.25, 0.3) is 0 Å². The number of thiocarbonyl (C=S) groups is 1. The molecule has 1 aliphatic heterocycles. The van der Waals surface area contributed by atoms with Gasteiger partial charge in [-0.05, 0) is 37.7 Å². The number of nitrogens with two attached hydrogens (primary N) is 1. The fourth-order valence-electron chi connectivity index (χ4n) is 2.12. The second-order valence-corrected chi connectivity index (χ2v) is 9.01. The van der Waals surface area contributed by atoms with Crippen LogP contribution < -0.4 is 10.5 Å². The van der Waals surface area contributed by atoms with Crippen LogP contribution >= 0.6 is 24.0 Å². The van der Waals surface area contributed by atoms with E-state index >= 15 is 0 Å². The third-order valence-corrected chi connectivity index (χ3v) is 6.54. The first-order valence-electron chi connectivity index (χ1n) is 6.36. The smallest absolute Gasteiger partial charge is 0.240 e. The Morgan fingerprint density at radius 2 is 2.30 bits per heavy atom. The molecule has 1 fully saturated rings. The van der Waals surface area contributed by atoms with Crippen molar-refractivity contribution >= 4 is 39.0 Å². The van der Waals surface area contributed by atoms with E-state index in [1.165, 1.54) is 6.07 Å². The van der Waals surface area contributed by atoms with E-state index in [9.17, 15) is 8.42 Å². The Morgan fingerprint density at radius 1 is 1.55 bits per heavy atom. The third-order valence-electron chi connectivity index (χ3n) is 3.37. The van der Waals surface area contributed by atoms with Crippen molar-refractivity contribution in [3.05, 3.63) is 29.8 Å². The third kappa shape index (κ3) is 3.72. The Balaban J connectivity index is 2.14. The van der Waals surface area contributed by atoms with Crippen LogP contribution in [0.3, 0.4) is 0 Å². The van der Waals surface area contributed by atoms with Crippen molar-refractivity contribution in [2.75, 3.05) is 12.3 Å². The molecule has 1 aromatic rings. The van der Waals surface area contributed by atoms with E-state index in [0.29, 0.717) is 12.1 Å². The van der Waals surface area contributed by atoms with Crippen LogP contribution in [0.15, 0.2) is 29.2 Å². The molecule has 0 spiro atoms. The van der Waals surface area contributed by atoms with Crippen LogP contribution in [0, 0.1) is 0 Å². The predicted octanol–water partition coefficient (Wildman–Crippen LogP) is 1.88. The fraction of sp³-hybridized carbons (Fsp3) is 0.462. The molecular formula is C13H18N2O2S3.